The smallest absolute Gasteiger partial charge is 0.320 e. The lowest BCUT2D eigenvalue weighted by atomic mass is 10.2. The number of para-hydroxylation sites is 2. The van der Waals surface area contributed by atoms with Crippen LogP contribution in [-0.2, 0) is 4.79 Å². The molecule has 8 heteroatoms. The molecule has 0 radical (unpaired) electrons. The summed E-state index contributed by atoms with van der Waals surface area (Å²) >= 11 is 0. The number of hydrogen-bond acceptors (Lipinski definition) is 4. The number of fused-ring (bicyclic) bond motifs is 1. The van der Waals surface area contributed by atoms with Gasteiger partial charge in [-0.25, -0.2) is 4.98 Å². The summed E-state index contributed by atoms with van der Waals surface area (Å²) in [5, 5.41) is 2.71. The minimum absolute atomic E-state index is 0.164. The molecular weight excluding hydrogens is 404 g/mol. The van der Waals surface area contributed by atoms with Crippen LogP contribution in [-0.4, -0.2) is 29.2 Å². The van der Waals surface area contributed by atoms with Crippen LogP contribution in [0.1, 0.15) is 6.55 Å². The number of ether oxygens (including phenoxy) is 2. The SMILES string of the molecule is COc1ccc(OCC(=O)Nc2ccc(-c3nc4ccccc4n3C(F)F)cc2)cc1. The van der Waals surface area contributed by atoms with Crippen LogP contribution in [0.5, 0.6) is 11.5 Å². The van der Waals surface area contributed by atoms with Crippen LogP contribution in [0.2, 0.25) is 0 Å². The molecule has 0 bridgehead atoms. The third-order valence-corrected chi connectivity index (χ3v) is 4.65. The van der Waals surface area contributed by atoms with Gasteiger partial charge >= 0.3 is 6.55 Å². The van der Waals surface area contributed by atoms with Crippen molar-refractivity contribution in [3.8, 4) is 22.9 Å². The van der Waals surface area contributed by atoms with Gasteiger partial charge in [-0.15, -0.1) is 0 Å². The summed E-state index contributed by atoms with van der Waals surface area (Å²) in [7, 11) is 1.57. The maximum Gasteiger partial charge on any atom is 0.320 e. The van der Waals surface area contributed by atoms with E-state index >= 15 is 0 Å². The third-order valence-electron chi connectivity index (χ3n) is 4.65. The lowest BCUT2D eigenvalue weighted by molar-refractivity contribution is -0.118. The third kappa shape index (κ3) is 4.48. The molecule has 0 saturated carbocycles. The van der Waals surface area contributed by atoms with Crippen molar-refractivity contribution in [1.82, 2.24) is 9.55 Å². The van der Waals surface area contributed by atoms with Crippen molar-refractivity contribution in [3.05, 3.63) is 72.8 Å². The predicted octanol–water partition coefficient (Wildman–Crippen LogP) is 5.12. The highest BCUT2D eigenvalue weighted by Gasteiger charge is 2.18. The number of imidazole rings is 1. The molecule has 31 heavy (non-hydrogen) atoms. The van der Waals surface area contributed by atoms with Crippen molar-refractivity contribution in [3.63, 3.8) is 0 Å². The van der Waals surface area contributed by atoms with Crippen LogP contribution >= 0.6 is 0 Å². The van der Waals surface area contributed by atoms with Gasteiger partial charge in [0.05, 0.1) is 18.1 Å². The van der Waals surface area contributed by atoms with Crippen molar-refractivity contribution in [2.24, 2.45) is 0 Å². The molecule has 4 aromatic rings. The minimum Gasteiger partial charge on any atom is -0.497 e. The summed E-state index contributed by atoms with van der Waals surface area (Å²) in [6.07, 6.45) is 0. The first-order valence-corrected chi connectivity index (χ1v) is 9.47. The van der Waals surface area contributed by atoms with E-state index in [4.69, 9.17) is 9.47 Å². The molecule has 1 amide bonds. The van der Waals surface area contributed by atoms with Crippen molar-refractivity contribution in [2.75, 3.05) is 19.0 Å². The monoisotopic (exact) mass is 423 g/mol. The number of alkyl halides is 2. The van der Waals surface area contributed by atoms with Gasteiger partial charge < -0.3 is 14.8 Å². The number of aromatic nitrogens is 2. The average Bonchev–Trinajstić information content (AvgIpc) is 3.18. The molecule has 4 rings (SSSR count). The van der Waals surface area contributed by atoms with Crippen LogP contribution in [0.4, 0.5) is 14.5 Å². The molecule has 0 fully saturated rings. The summed E-state index contributed by atoms with van der Waals surface area (Å²) in [6.45, 7) is -2.90. The second-order valence-electron chi connectivity index (χ2n) is 6.66. The molecule has 1 aromatic heterocycles. The fourth-order valence-electron chi connectivity index (χ4n) is 3.17. The summed E-state index contributed by atoms with van der Waals surface area (Å²) in [4.78, 5) is 16.5. The Morgan fingerprint density at radius 1 is 1.00 bits per heavy atom. The van der Waals surface area contributed by atoms with Crippen molar-refractivity contribution < 1.29 is 23.0 Å². The van der Waals surface area contributed by atoms with E-state index < -0.39 is 6.55 Å². The molecule has 0 saturated heterocycles. The quantitative estimate of drug-likeness (QED) is 0.448. The molecule has 0 aliphatic heterocycles. The zero-order chi connectivity index (χ0) is 21.8. The number of carbonyl (C=O) groups is 1. The molecule has 0 unspecified atom stereocenters. The van der Waals surface area contributed by atoms with Crippen LogP contribution in [0.3, 0.4) is 0 Å². The maximum atomic E-state index is 13.6. The molecule has 0 spiro atoms. The van der Waals surface area contributed by atoms with Gasteiger partial charge in [-0.2, -0.15) is 8.78 Å². The Kier molecular flexibility index (Phi) is 5.79. The van der Waals surface area contributed by atoms with Crippen LogP contribution in [0.15, 0.2) is 72.8 Å². The highest BCUT2D eigenvalue weighted by molar-refractivity contribution is 5.92. The molecule has 3 aromatic carbocycles. The number of hydrogen-bond donors (Lipinski definition) is 1. The molecule has 6 nitrogen and oxygen atoms in total. The molecular formula is C23H19F2N3O3. The van der Waals surface area contributed by atoms with Crippen molar-refractivity contribution in [1.29, 1.82) is 0 Å². The maximum absolute atomic E-state index is 13.6. The Bertz CT molecular complexity index is 1190. The van der Waals surface area contributed by atoms with Gasteiger partial charge in [-0.1, -0.05) is 12.1 Å². The van der Waals surface area contributed by atoms with Gasteiger partial charge in [0.1, 0.15) is 17.3 Å². The Morgan fingerprint density at radius 3 is 2.35 bits per heavy atom. The number of carbonyl (C=O) groups excluding carboxylic acids is 1. The topological polar surface area (TPSA) is 65.4 Å². The van der Waals surface area contributed by atoms with Gasteiger partial charge in [0, 0.05) is 11.3 Å². The second kappa shape index (κ2) is 8.83. The van der Waals surface area contributed by atoms with Gasteiger partial charge in [0.15, 0.2) is 6.61 Å². The average molecular weight is 423 g/mol. The summed E-state index contributed by atoms with van der Waals surface area (Å²) < 4.78 is 38.7. The van der Waals surface area contributed by atoms with Crippen molar-refractivity contribution >= 4 is 22.6 Å². The number of halogens is 2. The van der Waals surface area contributed by atoms with E-state index in [1.165, 1.54) is 0 Å². The highest BCUT2D eigenvalue weighted by Crippen LogP contribution is 2.30. The minimum atomic E-state index is -2.73. The van der Waals surface area contributed by atoms with E-state index in [2.05, 4.69) is 10.3 Å². The molecule has 1 N–H and O–H groups in total. The molecule has 0 aliphatic carbocycles. The van der Waals surface area contributed by atoms with Crippen LogP contribution in [0, 0.1) is 0 Å². The lowest BCUT2D eigenvalue weighted by Crippen LogP contribution is -2.20. The highest BCUT2D eigenvalue weighted by atomic mass is 19.3. The molecule has 0 aliphatic rings. The Balaban J connectivity index is 1.44. The van der Waals surface area contributed by atoms with Crippen molar-refractivity contribution in [2.45, 2.75) is 6.55 Å². The van der Waals surface area contributed by atoms with Gasteiger partial charge in [-0.05, 0) is 60.7 Å². The first kappa shape index (κ1) is 20.3. The number of amides is 1. The van der Waals surface area contributed by atoms with E-state index in [9.17, 15) is 13.6 Å². The van der Waals surface area contributed by atoms with Crippen LogP contribution in [0.25, 0.3) is 22.4 Å². The molecule has 1 heterocycles. The first-order chi connectivity index (χ1) is 15.0. The normalized spacial score (nSPS) is 11.0. The fraction of sp³-hybridized carbons (Fsp3) is 0.130. The standard InChI is InChI=1S/C23H19F2N3O3/c1-30-17-10-12-18(13-11-17)31-14-21(29)26-16-8-6-15(7-9-16)22-27-19-4-2-3-5-20(19)28(22)23(24)25/h2-13,23H,14H2,1H3,(H,26,29). The summed E-state index contributed by atoms with van der Waals surface area (Å²) in [6, 6.07) is 20.2. The second-order valence-corrected chi connectivity index (χ2v) is 6.66. The lowest BCUT2D eigenvalue weighted by Gasteiger charge is -2.10. The summed E-state index contributed by atoms with van der Waals surface area (Å²) in [5.74, 6) is 1.05. The largest absolute Gasteiger partial charge is 0.497 e. The summed E-state index contributed by atoms with van der Waals surface area (Å²) in [5.41, 5.74) is 1.89. The Hall–Kier alpha value is -3.94. The fourth-order valence-corrected chi connectivity index (χ4v) is 3.17. The Labute approximate surface area is 177 Å². The number of anilines is 1. The number of benzene rings is 3. The molecule has 0 atom stereocenters. The van der Waals surface area contributed by atoms with Gasteiger partial charge in [-0.3, -0.25) is 9.36 Å². The number of methoxy groups -OCH3 is 1. The van der Waals surface area contributed by atoms with E-state index in [0.717, 1.165) is 4.57 Å². The van der Waals surface area contributed by atoms with E-state index in [1.54, 1.807) is 79.9 Å². The predicted molar refractivity (Wildman–Crippen MR) is 114 cm³/mol. The van der Waals surface area contributed by atoms with Gasteiger partial charge in [0.2, 0.25) is 0 Å². The number of nitrogens with zero attached hydrogens (tertiary/aromatic N) is 2. The zero-order valence-electron chi connectivity index (χ0n) is 16.6. The zero-order valence-corrected chi connectivity index (χ0v) is 16.6. The van der Waals surface area contributed by atoms with Crippen LogP contribution < -0.4 is 14.8 Å². The van der Waals surface area contributed by atoms with E-state index in [-0.39, 0.29) is 18.3 Å². The molecule has 158 valence electrons. The van der Waals surface area contributed by atoms with Gasteiger partial charge in [0.25, 0.3) is 5.91 Å². The Morgan fingerprint density at radius 2 is 1.68 bits per heavy atom. The number of nitrogens with one attached hydrogen (secondary N) is 1. The number of rotatable bonds is 7. The first-order valence-electron chi connectivity index (χ1n) is 9.47. The van der Waals surface area contributed by atoms with E-state index in [0.29, 0.717) is 33.8 Å². The van der Waals surface area contributed by atoms with E-state index in [1.807, 2.05) is 0 Å².